The molecule has 0 aromatic heterocycles. The lowest BCUT2D eigenvalue weighted by atomic mass is 10.1. The van der Waals surface area contributed by atoms with Crippen molar-refractivity contribution in [1.29, 1.82) is 0 Å². The zero-order valence-electron chi connectivity index (χ0n) is 12.0. The van der Waals surface area contributed by atoms with Gasteiger partial charge in [-0.15, -0.1) is 0 Å². The standard InChI is InChI=1S/C15H22BrNO2/c1-5-6-7-17-15(18)12(4)19-13-8-10(2)14(16)11(3)9-13/h8-9,12H,5-7H2,1-4H3,(H,17,18). The Kier molecular flexibility index (Phi) is 6.35. The van der Waals surface area contributed by atoms with Crippen LogP contribution < -0.4 is 10.1 Å². The lowest BCUT2D eigenvalue weighted by Gasteiger charge is -2.16. The van der Waals surface area contributed by atoms with E-state index >= 15 is 0 Å². The van der Waals surface area contributed by atoms with Crippen LogP contribution in [0.15, 0.2) is 16.6 Å². The minimum atomic E-state index is -0.475. The first-order valence-electron chi connectivity index (χ1n) is 6.66. The highest BCUT2D eigenvalue weighted by atomic mass is 79.9. The molecular formula is C15H22BrNO2. The Morgan fingerprint density at radius 1 is 1.37 bits per heavy atom. The van der Waals surface area contributed by atoms with E-state index in [1.165, 1.54) is 0 Å². The van der Waals surface area contributed by atoms with Crippen LogP contribution in [0.1, 0.15) is 37.8 Å². The molecule has 1 N–H and O–H groups in total. The molecule has 0 aliphatic carbocycles. The van der Waals surface area contributed by atoms with Gasteiger partial charge in [0.2, 0.25) is 0 Å². The molecule has 0 saturated carbocycles. The maximum Gasteiger partial charge on any atom is 0.260 e. The Hall–Kier alpha value is -1.03. The van der Waals surface area contributed by atoms with Gasteiger partial charge in [0, 0.05) is 11.0 Å². The number of carbonyl (C=O) groups is 1. The smallest absolute Gasteiger partial charge is 0.260 e. The van der Waals surface area contributed by atoms with E-state index in [0.29, 0.717) is 6.54 Å². The quantitative estimate of drug-likeness (QED) is 0.808. The number of unbranched alkanes of at least 4 members (excludes halogenated alkanes) is 1. The summed E-state index contributed by atoms with van der Waals surface area (Å²) in [6, 6.07) is 3.87. The van der Waals surface area contributed by atoms with Crippen LogP contribution in [-0.4, -0.2) is 18.6 Å². The Morgan fingerprint density at radius 2 is 1.95 bits per heavy atom. The van der Waals surface area contributed by atoms with Crippen LogP contribution in [0.5, 0.6) is 5.75 Å². The van der Waals surface area contributed by atoms with Gasteiger partial charge in [-0.05, 0) is 50.5 Å². The summed E-state index contributed by atoms with van der Waals surface area (Å²) >= 11 is 3.52. The predicted molar refractivity (Wildman–Crippen MR) is 81.6 cm³/mol. The van der Waals surface area contributed by atoms with Crippen LogP contribution in [0.3, 0.4) is 0 Å². The van der Waals surface area contributed by atoms with Gasteiger partial charge in [0.1, 0.15) is 5.75 Å². The van der Waals surface area contributed by atoms with Crippen LogP contribution >= 0.6 is 15.9 Å². The Bertz CT molecular complexity index is 423. The molecule has 19 heavy (non-hydrogen) atoms. The van der Waals surface area contributed by atoms with Crippen molar-refractivity contribution >= 4 is 21.8 Å². The van der Waals surface area contributed by atoms with Crippen LogP contribution in [0.4, 0.5) is 0 Å². The van der Waals surface area contributed by atoms with E-state index in [9.17, 15) is 4.79 Å². The lowest BCUT2D eigenvalue weighted by molar-refractivity contribution is -0.127. The van der Waals surface area contributed by atoms with Crippen molar-refractivity contribution in [2.24, 2.45) is 0 Å². The fourth-order valence-corrected chi connectivity index (χ4v) is 1.99. The van der Waals surface area contributed by atoms with Crippen molar-refractivity contribution in [3.8, 4) is 5.75 Å². The topological polar surface area (TPSA) is 38.3 Å². The number of amides is 1. The van der Waals surface area contributed by atoms with E-state index in [1.54, 1.807) is 6.92 Å². The second-order valence-electron chi connectivity index (χ2n) is 4.78. The summed E-state index contributed by atoms with van der Waals surface area (Å²) in [6.07, 6.45) is 1.59. The average Bonchev–Trinajstić information content (AvgIpc) is 2.36. The van der Waals surface area contributed by atoms with Crippen molar-refractivity contribution in [2.75, 3.05) is 6.54 Å². The zero-order valence-corrected chi connectivity index (χ0v) is 13.6. The van der Waals surface area contributed by atoms with Gasteiger partial charge in [0.15, 0.2) is 6.10 Å². The van der Waals surface area contributed by atoms with Crippen molar-refractivity contribution in [2.45, 2.75) is 46.6 Å². The Balaban J connectivity index is 2.61. The molecule has 1 rings (SSSR count). The van der Waals surface area contributed by atoms with Crippen molar-refractivity contribution in [3.05, 3.63) is 27.7 Å². The minimum Gasteiger partial charge on any atom is -0.481 e. The third-order valence-corrected chi connectivity index (χ3v) is 4.17. The van der Waals surface area contributed by atoms with Gasteiger partial charge >= 0.3 is 0 Å². The molecule has 0 heterocycles. The van der Waals surface area contributed by atoms with Crippen LogP contribution in [0.25, 0.3) is 0 Å². The molecule has 3 nitrogen and oxygen atoms in total. The first kappa shape index (κ1) is 16.0. The van der Waals surface area contributed by atoms with Crippen molar-refractivity contribution in [1.82, 2.24) is 5.32 Å². The number of nitrogens with one attached hydrogen (secondary N) is 1. The number of halogens is 1. The molecule has 0 spiro atoms. The van der Waals surface area contributed by atoms with Crippen LogP contribution in [0, 0.1) is 13.8 Å². The summed E-state index contributed by atoms with van der Waals surface area (Å²) in [6.45, 7) is 8.60. The summed E-state index contributed by atoms with van der Waals surface area (Å²) < 4.78 is 6.77. The second kappa shape index (κ2) is 7.53. The fraction of sp³-hybridized carbons (Fsp3) is 0.533. The molecule has 1 aromatic carbocycles. The highest BCUT2D eigenvalue weighted by molar-refractivity contribution is 9.10. The van der Waals surface area contributed by atoms with Gasteiger partial charge in [-0.1, -0.05) is 29.3 Å². The van der Waals surface area contributed by atoms with Gasteiger partial charge in [0.05, 0.1) is 0 Å². The predicted octanol–water partition coefficient (Wildman–Crippen LogP) is 3.75. The summed E-state index contributed by atoms with van der Waals surface area (Å²) in [5, 5.41) is 2.87. The summed E-state index contributed by atoms with van der Waals surface area (Å²) in [7, 11) is 0. The zero-order chi connectivity index (χ0) is 14.4. The van der Waals surface area contributed by atoms with Gasteiger partial charge < -0.3 is 10.1 Å². The average molecular weight is 328 g/mol. The highest BCUT2D eigenvalue weighted by Crippen LogP contribution is 2.26. The number of benzene rings is 1. The lowest BCUT2D eigenvalue weighted by Crippen LogP contribution is -2.36. The van der Waals surface area contributed by atoms with Gasteiger partial charge in [-0.2, -0.15) is 0 Å². The van der Waals surface area contributed by atoms with E-state index < -0.39 is 6.10 Å². The summed E-state index contributed by atoms with van der Waals surface area (Å²) in [4.78, 5) is 11.8. The minimum absolute atomic E-state index is 0.0633. The largest absolute Gasteiger partial charge is 0.481 e. The van der Waals surface area contributed by atoms with Crippen molar-refractivity contribution < 1.29 is 9.53 Å². The molecule has 1 atom stereocenters. The molecule has 0 fully saturated rings. The number of hydrogen-bond acceptors (Lipinski definition) is 2. The second-order valence-corrected chi connectivity index (χ2v) is 5.57. The molecule has 0 radical (unpaired) electrons. The van der Waals surface area contributed by atoms with Crippen molar-refractivity contribution in [3.63, 3.8) is 0 Å². The first-order valence-corrected chi connectivity index (χ1v) is 7.46. The number of rotatable bonds is 6. The molecular weight excluding hydrogens is 306 g/mol. The SMILES string of the molecule is CCCCNC(=O)C(C)Oc1cc(C)c(Br)c(C)c1. The third kappa shape index (κ3) is 4.86. The van der Waals surface area contributed by atoms with E-state index in [-0.39, 0.29) is 5.91 Å². The maximum absolute atomic E-state index is 11.8. The van der Waals surface area contributed by atoms with Crippen LogP contribution in [-0.2, 0) is 4.79 Å². The van der Waals surface area contributed by atoms with E-state index in [4.69, 9.17) is 4.74 Å². The fourth-order valence-electron chi connectivity index (χ4n) is 1.76. The molecule has 4 heteroatoms. The van der Waals surface area contributed by atoms with Gasteiger partial charge in [0.25, 0.3) is 5.91 Å². The van der Waals surface area contributed by atoms with Gasteiger partial charge in [-0.3, -0.25) is 4.79 Å². The number of ether oxygens (including phenoxy) is 1. The monoisotopic (exact) mass is 327 g/mol. The molecule has 1 amide bonds. The normalized spacial score (nSPS) is 12.1. The number of hydrogen-bond donors (Lipinski definition) is 1. The molecule has 0 aliphatic rings. The number of carbonyl (C=O) groups excluding carboxylic acids is 1. The van der Waals surface area contributed by atoms with E-state index in [1.807, 2.05) is 26.0 Å². The molecule has 1 aromatic rings. The molecule has 106 valence electrons. The number of aryl methyl sites for hydroxylation is 2. The first-order chi connectivity index (χ1) is 8.95. The molecule has 0 bridgehead atoms. The Labute approximate surface area is 123 Å². The van der Waals surface area contributed by atoms with E-state index in [2.05, 4.69) is 28.2 Å². The molecule has 0 aliphatic heterocycles. The summed E-state index contributed by atoms with van der Waals surface area (Å²) in [5.74, 6) is 0.669. The molecule has 0 saturated heterocycles. The third-order valence-electron chi connectivity index (χ3n) is 2.92. The maximum atomic E-state index is 11.8. The van der Waals surface area contributed by atoms with E-state index in [0.717, 1.165) is 34.2 Å². The molecule has 1 unspecified atom stereocenters. The summed E-state index contributed by atoms with van der Waals surface area (Å²) in [5.41, 5.74) is 2.21. The van der Waals surface area contributed by atoms with Crippen LogP contribution in [0.2, 0.25) is 0 Å². The van der Waals surface area contributed by atoms with Gasteiger partial charge in [-0.25, -0.2) is 0 Å². The highest BCUT2D eigenvalue weighted by Gasteiger charge is 2.14. The Morgan fingerprint density at radius 3 is 2.47 bits per heavy atom.